The number of hydrogen-bond donors (Lipinski definition) is 1. The van der Waals surface area contributed by atoms with E-state index in [9.17, 15) is 4.79 Å². The van der Waals surface area contributed by atoms with E-state index >= 15 is 0 Å². The van der Waals surface area contributed by atoms with Gasteiger partial charge in [-0.05, 0) is 17.7 Å². The molecule has 3 aromatic rings. The second kappa shape index (κ2) is 9.05. The summed E-state index contributed by atoms with van der Waals surface area (Å²) in [5.74, 6) is 1.96. The fraction of sp³-hybridized carbons (Fsp3) is 0.211. The Hall–Kier alpha value is -2.80. The van der Waals surface area contributed by atoms with Gasteiger partial charge in [-0.1, -0.05) is 54.2 Å². The van der Waals surface area contributed by atoms with E-state index in [-0.39, 0.29) is 12.3 Å². The van der Waals surface area contributed by atoms with E-state index in [0.717, 1.165) is 28.1 Å². The van der Waals surface area contributed by atoms with Gasteiger partial charge in [-0.2, -0.15) is 0 Å². The Bertz CT molecular complexity index is 857. The highest BCUT2D eigenvalue weighted by Crippen LogP contribution is 2.20. The van der Waals surface area contributed by atoms with Crippen molar-refractivity contribution in [3.8, 4) is 0 Å². The van der Waals surface area contributed by atoms with Crippen LogP contribution in [0.15, 0.2) is 64.4 Å². The SMILES string of the molecule is NC(=O)CCc1nnc(SC/C=C/c2ccccc2)n1Cc1ccco1. The van der Waals surface area contributed by atoms with Crippen molar-refractivity contribution >= 4 is 23.7 Å². The van der Waals surface area contributed by atoms with Gasteiger partial charge in [0.05, 0.1) is 12.8 Å². The fourth-order valence-corrected chi connectivity index (χ4v) is 3.20. The van der Waals surface area contributed by atoms with Crippen LogP contribution in [0.5, 0.6) is 0 Å². The predicted octanol–water partition coefficient (Wildman–Crippen LogP) is 3.14. The lowest BCUT2D eigenvalue weighted by molar-refractivity contribution is -0.118. The van der Waals surface area contributed by atoms with E-state index in [1.807, 2.05) is 34.9 Å². The highest BCUT2D eigenvalue weighted by molar-refractivity contribution is 7.99. The second-order valence-electron chi connectivity index (χ2n) is 5.65. The van der Waals surface area contributed by atoms with Gasteiger partial charge in [0.15, 0.2) is 5.16 Å². The summed E-state index contributed by atoms with van der Waals surface area (Å²) in [5, 5.41) is 9.28. The summed E-state index contributed by atoms with van der Waals surface area (Å²) < 4.78 is 7.41. The number of nitrogens with two attached hydrogens (primary N) is 1. The van der Waals surface area contributed by atoms with Crippen LogP contribution in [-0.2, 0) is 17.8 Å². The van der Waals surface area contributed by atoms with Crippen LogP contribution in [0, 0.1) is 0 Å². The number of furan rings is 1. The van der Waals surface area contributed by atoms with Gasteiger partial charge in [-0.15, -0.1) is 10.2 Å². The first kappa shape index (κ1) is 18.0. The highest BCUT2D eigenvalue weighted by Gasteiger charge is 2.14. The van der Waals surface area contributed by atoms with Gasteiger partial charge in [0.2, 0.25) is 5.91 Å². The molecule has 1 amide bonds. The van der Waals surface area contributed by atoms with Gasteiger partial charge >= 0.3 is 0 Å². The number of carbonyl (C=O) groups excluding carboxylic acids is 1. The van der Waals surface area contributed by atoms with Crippen molar-refractivity contribution in [1.29, 1.82) is 0 Å². The lowest BCUT2D eigenvalue weighted by atomic mass is 10.2. The molecule has 6 nitrogen and oxygen atoms in total. The van der Waals surface area contributed by atoms with Crippen LogP contribution in [0.2, 0.25) is 0 Å². The van der Waals surface area contributed by atoms with Crippen molar-refractivity contribution in [2.45, 2.75) is 24.5 Å². The molecule has 0 fully saturated rings. The summed E-state index contributed by atoms with van der Waals surface area (Å²) in [6.07, 6.45) is 6.51. The van der Waals surface area contributed by atoms with Crippen molar-refractivity contribution in [2.24, 2.45) is 5.73 Å². The first-order chi connectivity index (χ1) is 12.7. The quantitative estimate of drug-likeness (QED) is 0.586. The fourth-order valence-electron chi connectivity index (χ4n) is 2.43. The summed E-state index contributed by atoms with van der Waals surface area (Å²) in [6, 6.07) is 13.9. The Morgan fingerprint density at radius 1 is 1.19 bits per heavy atom. The standard InChI is InChI=1S/C19H20N4O2S/c20-17(24)10-11-18-21-22-19(23(18)14-16-9-4-12-25-16)26-13-5-8-15-6-2-1-3-7-15/h1-9,12H,10-11,13-14H2,(H2,20,24)/b8-5+. The van der Waals surface area contributed by atoms with Crippen molar-refractivity contribution < 1.29 is 9.21 Å². The van der Waals surface area contributed by atoms with Crippen LogP contribution in [-0.4, -0.2) is 26.4 Å². The highest BCUT2D eigenvalue weighted by atomic mass is 32.2. The average molecular weight is 368 g/mol. The first-order valence-corrected chi connectivity index (χ1v) is 9.28. The third-order valence-electron chi connectivity index (χ3n) is 3.70. The molecule has 0 unspecified atom stereocenters. The van der Waals surface area contributed by atoms with E-state index in [1.54, 1.807) is 18.0 Å². The average Bonchev–Trinajstić information content (AvgIpc) is 3.29. The maximum Gasteiger partial charge on any atom is 0.217 e. The maximum atomic E-state index is 11.1. The van der Waals surface area contributed by atoms with E-state index in [0.29, 0.717) is 13.0 Å². The molecule has 2 heterocycles. The molecular weight excluding hydrogens is 348 g/mol. The molecule has 134 valence electrons. The minimum Gasteiger partial charge on any atom is -0.467 e. The number of primary amides is 1. The monoisotopic (exact) mass is 368 g/mol. The molecule has 0 aliphatic carbocycles. The Morgan fingerprint density at radius 2 is 2.04 bits per heavy atom. The summed E-state index contributed by atoms with van der Waals surface area (Å²) in [7, 11) is 0. The number of amides is 1. The van der Waals surface area contributed by atoms with E-state index in [2.05, 4.69) is 34.5 Å². The molecule has 1 aromatic carbocycles. The normalized spacial score (nSPS) is 11.2. The molecule has 0 radical (unpaired) electrons. The number of rotatable bonds is 9. The summed E-state index contributed by atoms with van der Waals surface area (Å²) in [6.45, 7) is 0.527. The molecule has 26 heavy (non-hydrogen) atoms. The smallest absolute Gasteiger partial charge is 0.217 e. The predicted molar refractivity (Wildman–Crippen MR) is 102 cm³/mol. The molecule has 2 N–H and O–H groups in total. The Labute approximate surface area is 156 Å². The third-order valence-corrected chi connectivity index (χ3v) is 4.62. The number of benzene rings is 1. The molecule has 0 aliphatic heterocycles. The molecule has 0 atom stereocenters. The minimum absolute atomic E-state index is 0.245. The molecular formula is C19H20N4O2S. The zero-order valence-electron chi connectivity index (χ0n) is 14.2. The number of thioether (sulfide) groups is 1. The largest absolute Gasteiger partial charge is 0.467 e. The van der Waals surface area contributed by atoms with Crippen LogP contribution in [0.3, 0.4) is 0 Å². The molecule has 0 saturated heterocycles. The van der Waals surface area contributed by atoms with E-state index in [1.165, 1.54) is 0 Å². The van der Waals surface area contributed by atoms with E-state index < -0.39 is 0 Å². The summed E-state index contributed by atoms with van der Waals surface area (Å²) in [5.41, 5.74) is 6.42. The van der Waals surface area contributed by atoms with Crippen molar-refractivity contribution in [3.63, 3.8) is 0 Å². The second-order valence-corrected chi connectivity index (χ2v) is 6.64. The Kier molecular flexibility index (Phi) is 6.27. The number of carbonyl (C=O) groups is 1. The van der Waals surface area contributed by atoms with Crippen LogP contribution < -0.4 is 5.73 Å². The van der Waals surface area contributed by atoms with Gasteiger partial charge in [0.25, 0.3) is 0 Å². The molecule has 0 saturated carbocycles. The number of hydrogen-bond acceptors (Lipinski definition) is 5. The number of aryl methyl sites for hydroxylation is 1. The molecule has 7 heteroatoms. The topological polar surface area (TPSA) is 86.9 Å². The molecule has 0 aliphatic rings. The summed E-state index contributed by atoms with van der Waals surface area (Å²) in [4.78, 5) is 11.1. The van der Waals surface area contributed by atoms with Crippen LogP contribution in [0.25, 0.3) is 6.08 Å². The van der Waals surface area contributed by atoms with Gasteiger partial charge in [0.1, 0.15) is 11.6 Å². The molecule has 0 spiro atoms. The van der Waals surface area contributed by atoms with Gasteiger partial charge in [-0.3, -0.25) is 9.36 Å². The number of aromatic nitrogens is 3. The number of nitrogens with zero attached hydrogens (tertiary/aromatic N) is 3. The van der Waals surface area contributed by atoms with E-state index in [4.69, 9.17) is 10.2 Å². The molecule has 3 rings (SSSR count). The zero-order chi connectivity index (χ0) is 18.2. The lowest BCUT2D eigenvalue weighted by Gasteiger charge is -2.07. The summed E-state index contributed by atoms with van der Waals surface area (Å²) >= 11 is 1.59. The Morgan fingerprint density at radius 3 is 2.77 bits per heavy atom. The van der Waals surface area contributed by atoms with Crippen molar-refractivity contribution in [2.75, 3.05) is 5.75 Å². The zero-order valence-corrected chi connectivity index (χ0v) is 15.1. The Balaban J connectivity index is 1.68. The third kappa shape index (κ3) is 5.10. The molecule has 2 aromatic heterocycles. The first-order valence-electron chi connectivity index (χ1n) is 8.29. The van der Waals surface area contributed by atoms with Gasteiger partial charge in [-0.25, -0.2) is 0 Å². The van der Waals surface area contributed by atoms with Crippen LogP contribution in [0.4, 0.5) is 0 Å². The van der Waals surface area contributed by atoms with Crippen LogP contribution >= 0.6 is 11.8 Å². The maximum absolute atomic E-state index is 11.1. The van der Waals surface area contributed by atoms with Crippen LogP contribution in [0.1, 0.15) is 23.6 Å². The van der Waals surface area contributed by atoms with Gasteiger partial charge < -0.3 is 10.2 Å². The van der Waals surface area contributed by atoms with Crippen molar-refractivity contribution in [1.82, 2.24) is 14.8 Å². The minimum atomic E-state index is -0.349. The van der Waals surface area contributed by atoms with Crippen molar-refractivity contribution in [3.05, 3.63) is 72.0 Å². The van der Waals surface area contributed by atoms with Gasteiger partial charge in [0, 0.05) is 18.6 Å². The molecule has 0 bridgehead atoms. The lowest BCUT2D eigenvalue weighted by Crippen LogP contribution is -2.14.